The lowest BCUT2D eigenvalue weighted by molar-refractivity contribution is -0.142. The number of para-hydroxylation sites is 4. The van der Waals surface area contributed by atoms with Gasteiger partial charge in [-0.05, 0) is 300 Å². The molecule has 0 amide bonds. The smallest absolute Gasteiger partial charge is 0.338 e. The van der Waals surface area contributed by atoms with Crippen molar-refractivity contribution in [2.75, 3.05) is 91.3 Å². The van der Waals surface area contributed by atoms with Crippen LogP contribution in [0.2, 0.25) is 0 Å². The molecule has 2 N–H and O–H groups in total. The maximum absolute atomic E-state index is 14.0. The molecule has 2 fully saturated rings. The number of benzene rings is 9. The van der Waals surface area contributed by atoms with Crippen LogP contribution in [-0.2, 0) is 79.9 Å². The van der Waals surface area contributed by atoms with E-state index in [4.69, 9.17) is 66.3 Å². The minimum absolute atomic E-state index is 0.0305. The standard InChI is InChI=1S/C50H54N4O6.C17H22O5.C16H22O4.C15H18O5.C14H18O4/c1-35(55)37-23-27-39(28-24-37)49(57)59-47-31-42(34-52-54(45-19-11-5-12-20-45)46-21-13-6-14-22-46)48(60-50(58)40-29-25-38(26-30-40)36(2)56)32-41(47)33-51-53(43-15-7-3-8-16-43)44-17-9-4-10-18-44;1-3-16(18)21-12-6-4-5-7-13-22-17(19)14-8-10-15(20-2)11-9-14;1-3-16(17)20-13-7-5-4-6-12-19-15-10-8-14(18-2)9-11-15;1-3-14(16)19-10-4-5-11-20-15(17)12-6-8-13(18-2)9-7-12;1-3-14(15)18-11-5-4-10-17-13-8-6-12(16-2)7-9-13/h3-22,31-32,37-40,51-52H,23-30,33-34H2,1-2H3;3,8-11H,1,4-7,12-13H2,2H3;3,8-11H,1,4-7,12-13H2,2H3;3,6-9H,1,4-5,10-11H2,2H3;3,6-9H,1,4-5,10-11H2,2H3. The maximum atomic E-state index is 14.0. The normalized spacial score (nSPS) is 13.6. The minimum atomic E-state index is -0.444. The van der Waals surface area contributed by atoms with E-state index in [9.17, 15) is 47.9 Å². The first kappa shape index (κ1) is 112. The number of nitrogens with zero attached hydrogens (tertiary/aromatic N) is 2. The molecular weight excluding hydrogens is 1790 g/mol. The molecule has 2 aliphatic rings. The molecule has 746 valence electrons. The van der Waals surface area contributed by atoms with Crippen molar-refractivity contribution in [1.82, 2.24) is 10.9 Å². The van der Waals surface area contributed by atoms with Gasteiger partial charge in [0.25, 0.3) is 0 Å². The van der Waals surface area contributed by atoms with Crippen LogP contribution in [0, 0.1) is 23.7 Å². The molecular formula is C112H134N4O24. The van der Waals surface area contributed by atoms with Gasteiger partial charge in [0.2, 0.25) is 0 Å². The van der Waals surface area contributed by atoms with E-state index in [0.717, 1.165) is 128 Å². The number of carbonyl (C=O) groups excluding carboxylic acids is 10. The third kappa shape index (κ3) is 43.0. The molecule has 0 saturated heterocycles. The Morgan fingerprint density at radius 1 is 0.293 bits per heavy atom. The first-order valence-electron chi connectivity index (χ1n) is 47.3. The molecule has 0 heterocycles. The van der Waals surface area contributed by atoms with Crippen molar-refractivity contribution >= 4 is 82.1 Å². The Balaban J connectivity index is 0.000000272. The lowest BCUT2D eigenvalue weighted by Crippen LogP contribution is -2.34. The van der Waals surface area contributed by atoms with Crippen molar-refractivity contribution in [1.29, 1.82) is 0 Å². The van der Waals surface area contributed by atoms with Gasteiger partial charge < -0.3 is 66.3 Å². The Labute approximate surface area is 822 Å². The van der Waals surface area contributed by atoms with Crippen LogP contribution in [0.5, 0.6) is 46.0 Å². The third-order valence-electron chi connectivity index (χ3n) is 22.4. The average molecular weight is 1920 g/mol. The van der Waals surface area contributed by atoms with E-state index in [1.54, 1.807) is 90.8 Å². The molecule has 11 rings (SSSR count). The summed E-state index contributed by atoms with van der Waals surface area (Å²) in [6, 6.07) is 71.7. The number of ketones is 2. The van der Waals surface area contributed by atoms with Gasteiger partial charge >= 0.3 is 47.8 Å². The second-order valence-electron chi connectivity index (χ2n) is 32.4. The van der Waals surface area contributed by atoms with Gasteiger partial charge in [-0.2, -0.15) is 0 Å². The summed E-state index contributed by atoms with van der Waals surface area (Å²) in [6.45, 7) is 20.5. The SMILES string of the molecule is C=CC(=O)OCCCCCCOC(=O)c1ccc(OC)cc1.C=CC(=O)OCCCCCCOc1ccc(OC)cc1.C=CC(=O)OCCCCOC(=O)c1ccc(OC)cc1.C=CC(=O)OCCCCOc1ccc(OC)cc1.CC(=O)C1CCC(C(=O)Oc2cc(CNN(c3ccccc3)c3ccccc3)c(OC(=O)C3CCC(C(C)=O)CC3)cc2CNN(c2ccccc2)c2ccccc2)CC1. The van der Waals surface area contributed by atoms with Gasteiger partial charge in [-0.3, -0.25) is 29.2 Å². The number of methoxy groups -OCH3 is 4. The van der Waals surface area contributed by atoms with Crippen LogP contribution >= 0.6 is 0 Å². The minimum Gasteiger partial charge on any atom is -0.497 e. The Morgan fingerprint density at radius 2 is 0.521 bits per heavy atom. The van der Waals surface area contributed by atoms with E-state index in [-0.39, 0.29) is 90.8 Å². The summed E-state index contributed by atoms with van der Waals surface area (Å²) in [5.41, 5.74) is 13.0. The summed E-state index contributed by atoms with van der Waals surface area (Å²) in [7, 11) is 6.40. The highest BCUT2D eigenvalue weighted by atomic mass is 16.6. The second-order valence-corrected chi connectivity index (χ2v) is 32.4. The molecule has 2 aliphatic carbocycles. The molecule has 0 spiro atoms. The molecule has 140 heavy (non-hydrogen) atoms. The number of nitrogens with one attached hydrogen (secondary N) is 2. The molecule has 0 aliphatic heterocycles. The van der Waals surface area contributed by atoms with Gasteiger partial charge in [0.15, 0.2) is 0 Å². The molecule has 0 atom stereocenters. The predicted octanol–water partition coefficient (Wildman–Crippen LogP) is 21.4. The fraction of sp³-hybridized carbons (Fsp3) is 0.357. The maximum Gasteiger partial charge on any atom is 0.338 e. The fourth-order valence-corrected chi connectivity index (χ4v) is 14.4. The third-order valence-corrected chi connectivity index (χ3v) is 22.4. The van der Waals surface area contributed by atoms with Crippen LogP contribution in [0.1, 0.15) is 174 Å². The van der Waals surface area contributed by atoms with Crippen molar-refractivity contribution < 1.29 is 114 Å². The van der Waals surface area contributed by atoms with E-state index in [2.05, 4.69) is 37.2 Å². The number of unbranched alkanes of at least 4 members (excludes halogenated alkanes) is 8. The quantitative estimate of drug-likeness (QED) is 0.00893. The van der Waals surface area contributed by atoms with Gasteiger partial charge in [0.05, 0.1) is 127 Å². The van der Waals surface area contributed by atoms with Crippen molar-refractivity contribution in [3.05, 3.63) is 303 Å². The topological polar surface area (TPSA) is 330 Å². The van der Waals surface area contributed by atoms with E-state index in [1.807, 2.05) is 192 Å². The number of anilines is 4. The van der Waals surface area contributed by atoms with E-state index < -0.39 is 11.9 Å². The van der Waals surface area contributed by atoms with Crippen LogP contribution < -0.4 is 58.8 Å². The Kier molecular flexibility index (Phi) is 53.0. The van der Waals surface area contributed by atoms with E-state index in [0.29, 0.717) is 156 Å². The van der Waals surface area contributed by atoms with Gasteiger partial charge in [0.1, 0.15) is 57.6 Å². The molecule has 0 unspecified atom stereocenters. The summed E-state index contributed by atoms with van der Waals surface area (Å²) in [5.74, 6) is 1.97. The van der Waals surface area contributed by atoms with E-state index >= 15 is 0 Å². The zero-order valence-electron chi connectivity index (χ0n) is 81.3. The molecule has 28 heteroatoms. The highest BCUT2D eigenvalue weighted by Gasteiger charge is 2.33. The largest absolute Gasteiger partial charge is 0.497 e. The Morgan fingerprint density at radius 3 is 0.779 bits per heavy atom. The van der Waals surface area contributed by atoms with Gasteiger partial charge in [-0.1, -0.05) is 99.1 Å². The lowest BCUT2D eigenvalue weighted by Gasteiger charge is -2.29. The average Bonchev–Trinajstić information content (AvgIpc) is 0.797. The first-order chi connectivity index (χ1) is 68.1. The number of hydrogen-bond acceptors (Lipinski definition) is 28. The lowest BCUT2D eigenvalue weighted by atomic mass is 9.80. The van der Waals surface area contributed by atoms with Crippen LogP contribution in [0.4, 0.5) is 22.7 Å². The molecule has 9 aromatic rings. The van der Waals surface area contributed by atoms with Crippen molar-refractivity contribution in [3.63, 3.8) is 0 Å². The first-order valence-corrected chi connectivity index (χ1v) is 47.3. The van der Waals surface area contributed by atoms with Crippen molar-refractivity contribution in [2.24, 2.45) is 23.7 Å². The fourth-order valence-electron chi connectivity index (χ4n) is 14.4. The zero-order chi connectivity index (χ0) is 101. The van der Waals surface area contributed by atoms with Crippen LogP contribution in [0.25, 0.3) is 0 Å². The number of esters is 8. The zero-order valence-corrected chi connectivity index (χ0v) is 81.3. The van der Waals surface area contributed by atoms with Gasteiger partial charge in [0, 0.05) is 60.4 Å². The summed E-state index contributed by atoms with van der Waals surface area (Å²) in [6.07, 6.45) is 19.8. The Hall–Kier alpha value is -14.6. The molecule has 9 aromatic carbocycles. The number of rotatable bonds is 52. The highest BCUT2D eigenvalue weighted by Crippen LogP contribution is 2.38. The number of hydrazine groups is 2. The van der Waals surface area contributed by atoms with Crippen LogP contribution in [-0.4, -0.2) is 141 Å². The number of hydrogen-bond donors (Lipinski definition) is 2. The molecule has 2 saturated carbocycles. The molecule has 0 aromatic heterocycles. The summed E-state index contributed by atoms with van der Waals surface area (Å²) in [5, 5.41) is 3.95. The Bertz CT molecular complexity index is 4990. The number of carbonyl (C=O) groups is 10. The molecule has 0 radical (unpaired) electrons. The van der Waals surface area contributed by atoms with E-state index in [1.165, 1.54) is 6.08 Å². The predicted molar refractivity (Wildman–Crippen MR) is 537 cm³/mol. The summed E-state index contributed by atoms with van der Waals surface area (Å²) < 4.78 is 73.7. The number of Topliss-reactive ketones (excluding diaryl/α,β-unsaturated/α-hetero) is 2. The summed E-state index contributed by atoms with van der Waals surface area (Å²) in [4.78, 5) is 119. The van der Waals surface area contributed by atoms with Gasteiger partial charge in [-0.15, -0.1) is 0 Å². The molecule has 0 bridgehead atoms. The highest BCUT2D eigenvalue weighted by molar-refractivity contribution is 5.90. The number of ether oxygens (including phenoxy) is 14. The second kappa shape index (κ2) is 66.0. The van der Waals surface area contributed by atoms with Crippen molar-refractivity contribution in [2.45, 2.75) is 155 Å². The van der Waals surface area contributed by atoms with Gasteiger partial charge in [-0.25, -0.2) is 39.6 Å². The molecule has 28 nitrogen and oxygen atoms in total. The monoisotopic (exact) mass is 1920 g/mol. The summed E-state index contributed by atoms with van der Waals surface area (Å²) >= 11 is 0. The van der Waals surface area contributed by atoms with Crippen LogP contribution in [0.3, 0.4) is 0 Å². The van der Waals surface area contributed by atoms with Crippen LogP contribution in [0.15, 0.2) is 281 Å². The van der Waals surface area contributed by atoms with Crippen molar-refractivity contribution in [3.8, 4) is 46.0 Å².